The summed E-state index contributed by atoms with van der Waals surface area (Å²) in [5.41, 5.74) is 8.06. The van der Waals surface area contributed by atoms with Crippen LogP contribution in [0.5, 0.6) is 0 Å². The van der Waals surface area contributed by atoms with Gasteiger partial charge in [0.2, 0.25) is 0 Å². The van der Waals surface area contributed by atoms with Crippen LogP contribution in [0, 0.1) is 5.41 Å². The van der Waals surface area contributed by atoms with Crippen LogP contribution in [-0.4, -0.2) is 38.9 Å². The first-order valence-corrected chi connectivity index (χ1v) is 10.1. The Morgan fingerprint density at radius 2 is 2.08 bits per heavy atom. The molecule has 5 N–H and O–H groups in total. The number of nitrogens with one attached hydrogen (secondary N) is 3. The maximum atomic E-state index is 12.2. The van der Waals surface area contributed by atoms with Crippen LogP contribution in [-0.2, 0) is 11.0 Å². The maximum Gasteiger partial charge on any atom is 0.146 e. The molecule has 1 unspecified atom stereocenters. The Balaban J connectivity index is 2.06. The van der Waals surface area contributed by atoms with Crippen molar-refractivity contribution in [2.24, 2.45) is 0 Å². The third-order valence-electron chi connectivity index (χ3n) is 4.16. The summed E-state index contributed by atoms with van der Waals surface area (Å²) in [6, 6.07) is 5.65. The molecular weight excluding hydrogens is 418 g/mol. The number of hydrogen-bond acceptors (Lipinski definition) is 7. The monoisotopic (exact) mass is 437 g/mol. The number of aromatic nitrogens is 2. The molecule has 1 aromatic heterocycles. The Labute approximate surface area is 162 Å². The van der Waals surface area contributed by atoms with E-state index in [0.29, 0.717) is 16.3 Å². The standard InChI is InChI=1S/C16H20BrN7OS/c1-20-26(25)10-4-5-12(24-6-2-3-7-24)11(8-10)23-16-13(14(17)18)15(19)21-9-22-16/h4-5,8-9,18,20H,2-3,6-7H2,1H3,(H3,19,21,22,23). The van der Waals surface area contributed by atoms with E-state index in [0.717, 1.165) is 37.3 Å². The van der Waals surface area contributed by atoms with E-state index in [9.17, 15) is 4.21 Å². The highest BCUT2D eigenvalue weighted by atomic mass is 79.9. The van der Waals surface area contributed by atoms with Crippen LogP contribution in [0.15, 0.2) is 29.4 Å². The molecular formula is C16H20BrN7OS. The molecule has 2 heterocycles. The minimum atomic E-state index is -1.30. The van der Waals surface area contributed by atoms with Gasteiger partial charge in [-0.3, -0.25) is 5.41 Å². The predicted molar refractivity (Wildman–Crippen MR) is 109 cm³/mol. The summed E-state index contributed by atoms with van der Waals surface area (Å²) in [6.07, 6.45) is 3.63. The van der Waals surface area contributed by atoms with Gasteiger partial charge in [-0.2, -0.15) is 0 Å². The highest BCUT2D eigenvalue weighted by molar-refractivity contribution is 9.18. The van der Waals surface area contributed by atoms with Crippen LogP contribution >= 0.6 is 15.9 Å². The lowest BCUT2D eigenvalue weighted by Gasteiger charge is -2.23. The highest BCUT2D eigenvalue weighted by Crippen LogP contribution is 2.34. The van der Waals surface area contributed by atoms with Crippen molar-refractivity contribution in [2.75, 3.05) is 36.1 Å². The van der Waals surface area contributed by atoms with Crippen molar-refractivity contribution in [2.45, 2.75) is 17.7 Å². The summed E-state index contributed by atoms with van der Waals surface area (Å²) in [4.78, 5) is 11.1. The Bertz CT molecular complexity index is 854. The van der Waals surface area contributed by atoms with Crippen LogP contribution in [0.4, 0.5) is 23.0 Å². The molecule has 1 fully saturated rings. The van der Waals surface area contributed by atoms with Crippen molar-refractivity contribution in [1.82, 2.24) is 14.7 Å². The van der Waals surface area contributed by atoms with Gasteiger partial charge in [-0.05, 0) is 54.0 Å². The number of hydrogen-bond donors (Lipinski definition) is 4. The fraction of sp³-hybridized carbons (Fsp3) is 0.312. The molecule has 138 valence electrons. The zero-order valence-corrected chi connectivity index (χ0v) is 16.7. The van der Waals surface area contributed by atoms with Gasteiger partial charge in [0.05, 0.1) is 21.8 Å². The van der Waals surface area contributed by atoms with Crippen LogP contribution in [0.1, 0.15) is 18.4 Å². The molecule has 10 heteroatoms. The van der Waals surface area contributed by atoms with Crippen molar-refractivity contribution >= 4 is 54.5 Å². The van der Waals surface area contributed by atoms with E-state index in [1.165, 1.54) is 6.33 Å². The second-order valence-electron chi connectivity index (χ2n) is 5.77. The molecule has 0 bridgehead atoms. The molecule has 0 spiro atoms. The van der Waals surface area contributed by atoms with Crippen molar-refractivity contribution in [3.63, 3.8) is 0 Å². The average molecular weight is 438 g/mol. The van der Waals surface area contributed by atoms with Crippen LogP contribution in [0.25, 0.3) is 0 Å². The average Bonchev–Trinajstić information content (AvgIpc) is 3.15. The van der Waals surface area contributed by atoms with E-state index in [2.05, 4.69) is 40.8 Å². The smallest absolute Gasteiger partial charge is 0.146 e. The van der Waals surface area contributed by atoms with Gasteiger partial charge in [-0.1, -0.05) is 0 Å². The van der Waals surface area contributed by atoms with Gasteiger partial charge in [0.1, 0.15) is 33.6 Å². The fourth-order valence-corrected chi connectivity index (χ4v) is 3.96. The lowest BCUT2D eigenvalue weighted by molar-refractivity contribution is 0.678. The third kappa shape index (κ3) is 3.87. The summed E-state index contributed by atoms with van der Waals surface area (Å²) >= 11 is 3.15. The molecule has 0 amide bonds. The zero-order chi connectivity index (χ0) is 18.7. The summed E-state index contributed by atoms with van der Waals surface area (Å²) in [6.45, 7) is 1.94. The minimum Gasteiger partial charge on any atom is -0.383 e. The number of nitrogen functional groups attached to an aromatic ring is 1. The Morgan fingerprint density at radius 1 is 1.35 bits per heavy atom. The molecule has 1 atom stereocenters. The van der Waals surface area contributed by atoms with E-state index in [4.69, 9.17) is 11.1 Å². The molecule has 1 aliphatic heterocycles. The van der Waals surface area contributed by atoms with Gasteiger partial charge >= 0.3 is 0 Å². The van der Waals surface area contributed by atoms with Gasteiger partial charge < -0.3 is 16.0 Å². The molecule has 2 aromatic rings. The van der Waals surface area contributed by atoms with Gasteiger partial charge in [-0.15, -0.1) is 0 Å². The quantitative estimate of drug-likeness (QED) is 0.514. The Kier molecular flexibility index (Phi) is 5.84. The zero-order valence-electron chi connectivity index (χ0n) is 14.3. The lowest BCUT2D eigenvalue weighted by atomic mass is 10.2. The van der Waals surface area contributed by atoms with Gasteiger partial charge in [0.25, 0.3) is 0 Å². The summed E-state index contributed by atoms with van der Waals surface area (Å²) in [5.74, 6) is 0.634. The number of nitrogens with zero attached hydrogens (tertiary/aromatic N) is 3. The largest absolute Gasteiger partial charge is 0.383 e. The number of benzene rings is 1. The predicted octanol–water partition coefficient (Wildman–Crippen LogP) is 2.36. The first kappa shape index (κ1) is 18.7. The van der Waals surface area contributed by atoms with E-state index in [1.807, 2.05) is 18.2 Å². The minimum absolute atomic E-state index is 0.0933. The van der Waals surface area contributed by atoms with Gasteiger partial charge in [0.15, 0.2) is 0 Å². The van der Waals surface area contributed by atoms with E-state index < -0.39 is 11.0 Å². The fourth-order valence-electron chi connectivity index (χ4n) is 2.92. The molecule has 0 saturated carbocycles. The summed E-state index contributed by atoms with van der Waals surface area (Å²) in [7, 11) is 0.341. The van der Waals surface area contributed by atoms with E-state index in [1.54, 1.807) is 7.05 Å². The first-order chi connectivity index (χ1) is 12.5. The molecule has 1 aliphatic rings. The second kappa shape index (κ2) is 8.11. The van der Waals surface area contributed by atoms with Crippen molar-refractivity contribution in [3.8, 4) is 0 Å². The van der Waals surface area contributed by atoms with Crippen LogP contribution in [0.3, 0.4) is 0 Å². The number of rotatable bonds is 6. The molecule has 1 aromatic carbocycles. The number of nitrogens with two attached hydrogens (primary N) is 1. The number of halogens is 1. The maximum absolute atomic E-state index is 12.2. The van der Waals surface area contributed by atoms with Crippen LogP contribution in [0.2, 0.25) is 0 Å². The SMILES string of the molecule is CNS(=O)c1ccc(N2CCCC2)c(Nc2ncnc(N)c2C(=N)Br)c1. The van der Waals surface area contributed by atoms with E-state index >= 15 is 0 Å². The molecule has 26 heavy (non-hydrogen) atoms. The van der Waals surface area contributed by atoms with Crippen molar-refractivity contribution in [3.05, 3.63) is 30.1 Å². The second-order valence-corrected chi connectivity index (χ2v) is 7.98. The van der Waals surface area contributed by atoms with E-state index in [-0.39, 0.29) is 10.4 Å². The first-order valence-electron chi connectivity index (χ1n) is 8.11. The normalized spacial score (nSPS) is 15.1. The molecule has 3 rings (SSSR count). The molecule has 0 aliphatic carbocycles. The van der Waals surface area contributed by atoms with Gasteiger partial charge in [-0.25, -0.2) is 18.9 Å². The Morgan fingerprint density at radius 3 is 2.73 bits per heavy atom. The summed E-state index contributed by atoms with van der Waals surface area (Å²) in [5, 5.41) is 11.1. The molecule has 8 nitrogen and oxygen atoms in total. The van der Waals surface area contributed by atoms with Gasteiger partial charge in [0, 0.05) is 13.1 Å². The highest BCUT2D eigenvalue weighted by Gasteiger charge is 2.20. The molecule has 1 saturated heterocycles. The van der Waals surface area contributed by atoms with Crippen molar-refractivity contribution in [1.29, 1.82) is 5.41 Å². The van der Waals surface area contributed by atoms with Crippen LogP contribution < -0.4 is 20.7 Å². The lowest BCUT2D eigenvalue weighted by Crippen LogP contribution is -2.20. The molecule has 0 radical (unpaired) electrons. The van der Waals surface area contributed by atoms with Crippen molar-refractivity contribution < 1.29 is 4.21 Å². The Hall–Kier alpha value is -2.04. The number of anilines is 4. The topological polar surface area (TPSA) is 120 Å². The summed E-state index contributed by atoms with van der Waals surface area (Å²) < 4.78 is 15.0. The third-order valence-corrected chi connectivity index (χ3v) is 5.61.